The van der Waals surface area contributed by atoms with E-state index in [9.17, 15) is 19.8 Å². The van der Waals surface area contributed by atoms with E-state index in [1.165, 1.54) is 13.8 Å². The lowest BCUT2D eigenvalue weighted by Crippen LogP contribution is -2.71. The van der Waals surface area contributed by atoms with Crippen LogP contribution in [0.4, 0.5) is 0 Å². The summed E-state index contributed by atoms with van der Waals surface area (Å²) in [6.07, 6.45) is -1.81. The number of esters is 2. The molecule has 2 aliphatic heterocycles. The number of ether oxygens (including phenoxy) is 4. The first kappa shape index (κ1) is 18.9. The highest BCUT2D eigenvalue weighted by Crippen LogP contribution is 2.71. The second-order valence-electron chi connectivity index (χ2n) is 8.46. The van der Waals surface area contributed by atoms with Gasteiger partial charge in [0, 0.05) is 19.3 Å². The van der Waals surface area contributed by atoms with Crippen molar-refractivity contribution < 1.29 is 38.7 Å². The molecule has 2 aliphatic carbocycles. The molecule has 0 aromatic rings. The van der Waals surface area contributed by atoms with Crippen molar-refractivity contribution in [1.82, 2.24) is 0 Å². The molecule has 3 unspecified atom stereocenters. The van der Waals surface area contributed by atoms with Gasteiger partial charge in [-0.2, -0.15) is 0 Å². The van der Waals surface area contributed by atoms with Crippen LogP contribution in [0.1, 0.15) is 34.1 Å². The quantitative estimate of drug-likeness (QED) is 0.401. The summed E-state index contributed by atoms with van der Waals surface area (Å²) in [4.78, 5) is 23.2. The van der Waals surface area contributed by atoms with Crippen LogP contribution < -0.4 is 0 Å². The third kappa shape index (κ3) is 2.24. The number of carbonyl (C=O) groups is 2. The van der Waals surface area contributed by atoms with E-state index in [0.717, 1.165) is 0 Å². The average Bonchev–Trinajstić information content (AvgIpc) is 3.34. The second-order valence-corrected chi connectivity index (χ2v) is 8.46. The summed E-state index contributed by atoms with van der Waals surface area (Å²) < 4.78 is 23.1. The van der Waals surface area contributed by atoms with E-state index in [0.29, 0.717) is 18.6 Å². The maximum absolute atomic E-state index is 11.6. The van der Waals surface area contributed by atoms with Crippen molar-refractivity contribution >= 4 is 11.9 Å². The van der Waals surface area contributed by atoms with Crippen molar-refractivity contribution in [2.75, 3.05) is 13.2 Å². The van der Waals surface area contributed by atoms with Crippen molar-refractivity contribution in [1.29, 1.82) is 0 Å². The summed E-state index contributed by atoms with van der Waals surface area (Å²) in [6.45, 7) is 6.57. The summed E-state index contributed by atoms with van der Waals surface area (Å²) in [7, 11) is 0. The first-order chi connectivity index (χ1) is 12.6. The Morgan fingerprint density at radius 1 is 1.30 bits per heavy atom. The molecular weight excluding hydrogens is 356 g/mol. The Balaban J connectivity index is 1.85. The van der Waals surface area contributed by atoms with E-state index in [1.807, 2.05) is 6.92 Å². The fraction of sp³-hybridized carbons (Fsp3) is 0.789. The monoisotopic (exact) mass is 382 g/mol. The summed E-state index contributed by atoms with van der Waals surface area (Å²) in [5.41, 5.74) is -2.02. The van der Waals surface area contributed by atoms with Crippen molar-refractivity contribution in [3.63, 3.8) is 0 Å². The number of carbonyl (C=O) groups excluding carboxylic acids is 2. The van der Waals surface area contributed by atoms with Crippen LogP contribution in [0.3, 0.4) is 0 Å². The predicted octanol–water partition coefficient (Wildman–Crippen LogP) is 0.0957. The molecule has 8 nitrogen and oxygen atoms in total. The van der Waals surface area contributed by atoms with Crippen molar-refractivity contribution in [3.05, 3.63) is 11.6 Å². The molecule has 2 N–H and O–H groups in total. The molecule has 8 atom stereocenters. The van der Waals surface area contributed by atoms with E-state index in [1.54, 1.807) is 13.0 Å². The molecule has 2 heterocycles. The third-order valence-corrected chi connectivity index (χ3v) is 7.16. The first-order valence-electron chi connectivity index (χ1n) is 9.23. The zero-order chi connectivity index (χ0) is 19.8. The Hall–Kier alpha value is -1.48. The van der Waals surface area contributed by atoms with Crippen LogP contribution in [0.15, 0.2) is 11.6 Å². The SMILES string of the molecule is CC(=O)OC[C@]12C(O)C(O)C(C)=C[C@H]1O[C@@H]1[C@H](OC(C)=O)C[C@@]2(C)C12CO2. The fourth-order valence-corrected chi connectivity index (χ4v) is 5.65. The summed E-state index contributed by atoms with van der Waals surface area (Å²) in [6, 6.07) is 0. The van der Waals surface area contributed by atoms with Gasteiger partial charge in [0.15, 0.2) is 0 Å². The Labute approximate surface area is 157 Å². The standard InChI is InChI=1S/C19H26O8/c1-9-5-13-18(7-24-10(2)20,15(23)14(9)22)17(4)6-12(26-11(3)21)16(27-13)19(17)8-25-19/h5,12-16,22-23H,6-8H2,1-4H3/t12-,13-,14?,15?,16-,17-,18-,19?/m1/s1. The summed E-state index contributed by atoms with van der Waals surface area (Å²) in [5.74, 6) is -0.901. The molecule has 4 rings (SSSR count). The van der Waals surface area contributed by atoms with Gasteiger partial charge < -0.3 is 29.2 Å². The van der Waals surface area contributed by atoms with Gasteiger partial charge in [-0.25, -0.2) is 0 Å². The Kier molecular flexibility index (Phi) is 4.03. The van der Waals surface area contributed by atoms with Crippen LogP contribution in [-0.4, -0.2) is 71.5 Å². The number of rotatable bonds is 3. The number of aliphatic hydroxyl groups excluding tert-OH is 2. The van der Waals surface area contributed by atoms with Gasteiger partial charge >= 0.3 is 11.9 Å². The van der Waals surface area contributed by atoms with Crippen molar-refractivity contribution in [2.45, 2.75) is 70.2 Å². The number of hydrogen-bond donors (Lipinski definition) is 2. The van der Waals surface area contributed by atoms with Crippen LogP contribution in [0, 0.1) is 10.8 Å². The molecule has 27 heavy (non-hydrogen) atoms. The molecule has 2 saturated heterocycles. The van der Waals surface area contributed by atoms with Gasteiger partial charge in [0.05, 0.1) is 24.2 Å². The Morgan fingerprint density at radius 2 is 1.96 bits per heavy atom. The largest absolute Gasteiger partial charge is 0.465 e. The van der Waals surface area contributed by atoms with E-state index in [-0.39, 0.29) is 6.61 Å². The maximum Gasteiger partial charge on any atom is 0.302 e. The highest BCUT2D eigenvalue weighted by atomic mass is 16.7. The summed E-state index contributed by atoms with van der Waals surface area (Å²) >= 11 is 0. The molecular formula is C19H26O8. The molecule has 8 heteroatoms. The zero-order valence-corrected chi connectivity index (χ0v) is 15.9. The van der Waals surface area contributed by atoms with Crippen LogP contribution in [0.25, 0.3) is 0 Å². The normalized spacial score (nSPS) is 50.0. The highest BCUT2D eigenvalue weighted by molar-refractivity contribution is 5.66. The first-order valence-corrected chi connectivity index (χ1v) is 9.23. The smallest absolute Gasteiger partial charge is 0.302 e. The predicted molar refractivity (Wildman–Crippen MR) is 90.5 cm³/mol. The minimum Gasteiger partial charge on any atom is -0.465 e. The van der Waals surface area contributed by atoms with E-state index in [4.69, 9.17) is 18.9 Å². The molecule has 0 amide bonds. The van der Waals surface area contributed by atoms with Gasteiger partial charge in [-0.3, -0.25) is 9.59 Å². The molecule has 0 aromatic carbocycles. The van der Waals surface area contributed by atoms with Gasteiger partial charge in [-0.1, -0.05) is 13.0 Å². The molecule has 0 aromatic heterocycles. The van der Waals surface area contributed by atoms with Crippen molar-refractivity contribution in [2.24, 2.45) is 10.8 Å². The maximum atomic E-state index is 11.6. The molecule has 0 radical (unpaired) electrons. The van der Waals surface area contributed by atoms with Gasteiger partial charge in [0.2, 0.25) is 0 Å². The molecule has 1 spiro atoms. The number of hydrogen-bond acceptors (Lipinski definition) is 8. The van der Waals surface area contributed by atoms with Gasteiger partial charge in [0.25, 0.3) is 0 Å². The summed E-state index contributed by atoms with van der Waals surface area (Å²) in [5, 5.41) is 21.8. The third-order valence-electron chi connectivity index (χ3n) is 7.16. The molecule has 4 aliphatic rings. The van der Waals surface area contributed by atoms with Gasteiger partial charge in [0.1, 0.15) is 30.5 Å². The van der Waals surface area contributed by atoms with Crippen molar-refractivity contribution in [3.8, 4) is 0 Å². The van der Waals surface area contributed by atoms with E-state index in [2.05, 4.69) is 0 Å². The second kappa shape index (κ2) is 5.76. The molecule has 1 saturated carbocycles. The molecule has 150 valence electrons. The molecule has 3 fully saturated rings. The van der Waals surface area contributed by atoms with E-state index < -0.39 is 58.9 Å². The fourth-order valence-electron chi connectivity index (χ4n) is 5.65. The van der Waals surface area contributed by atoms with Gasteiger partial charge in [-0.05, 0) is 18.9 Å². The lowest BCUT2D eigenvalue weighted by Gasteiger charge is -2.59. The van der Waals surface area contributed by atoms with Crippen LogP contribution in [0.2, 0.25) is 0 Å². The molecule has 2 bridgehead atoms. The minimum absolute atomic E-state index is 0.129. The van der Waals surface area contributed by atoms with Crippen LogP contribution >= 0.6 is 0 Å². The van der Waals surface area contributed by atoms with Gasteiger partial charge in [-0.15, -0.1) is 0 Å². The van der Waals surface area contributed by atoms with Crippen LogP contribution in [0.5, 0.6) is 0 Å². The lowest BCUT2D eigenvalue weighted by molar-refractivity contribution is -0.264. The Morgan fingerprint density at radius 3 is 2.52 bits per heavy atom. The zero-order valence-electron chi connectivity index (χ0n) is 15.9. The number of fused-ring (bicyclic) bond motifs is 2. The van der Waals surface area contributed by atoms with E-state index >= 15 is 0 Å². The number of aliphatic hydroxyl groups is 2. The minimum atomic E-state index is -1.23. The topological polar surface area (TPSA) is 115 Å². The number of epoxide rings is 1. The highest BCUT2D eigenvalue weighted by Gasteiger charge is 2.84. The van der Waals surface area contributed by atoms with Crippen LogP contribution in [-0.2, 0) is 28.5 Å². The lowest BCUT2D eigenvalue weighted by atomic mass is 9.50. The average molecular weight is 382 g/mol. The Bertz CT molecular complexity index is 712.